The van der Waals surface area contributed by atoms with Gasteiger partial charge in [-0.3, -0.25) is 9.69 Å². The normalized spacial score (nSPS) is 18.8. The van der Waals surface area contributed by atoms with Crippen molar-refractivity contribution >= 4 is 5.78 Å². The maximum absolute atomic E-state index is 12.8. The van der Waals surface area contributed by atoms with Crippen LogP contribution in [0, 0.1) is 0 Å². The molecule has 0 aromatic heterocycles. The molecule has 0 aliphatic carbocycles. The molecule has 0 saturated carbocycles. The summed E-state index contributed by atoms with van der Waals surface area (Å²) >= 11 is 0. The Hall–Kier alpha value is -0.710. The number of Topliss-reactive ketones (excluding diaryl/α,β-unsaturated/α-hetero) is 1. The van der Waals surface area contributed by atoms with E-state index in [0.717, 1.165) is 37.9 Å². The molecule has 194 valence electrons. The molecule has 0 saturated heterocycles. The van der Waals surface area contributed by atoms with Crippen LogP contribution in [-0.4, -0.2) is 49.3 Å². The van der Waals surface area contributed by atoms with Crippen molar-refractivity contribution in [3.8, 4) is 0 Å². The van der Waals surface area contributed by atoms with Crippen LogP contribution in [0.25, 0.3) is 0 Å². The van der Waals surface area contributed by atoms with E-state index in [0.29, 0.717) is 13.2 Å². The number of unbranched alkanes of at least 4 members (excludes halogenated alkanes) is 13. The minimum atomic E-state index is -0.369. The molecule has 0 bridgehead atoms. The first-order chi connectivity index (χ1) is 16.2. The first-order valence-corrected chi connectivity index (χ1v) is 14.4. The van der Waals surface area contributed by atoms with Crippen molar-refractivity contribution in [2.24, 2.45) is 0 Å². The van der Waals surface area contributed by atoms with E-state index in [9.17, 15) is 4.79 Å². The minimum Gasteiger partial charge on any atom is -0.349 e. The van der Waals surface area contributed by atoms with Gasteiger partial charge in [-0.15, -0.1) is 0 Å². The number of hydrogen-bond acceptors (Lipinski definition) is 4. The zero-order valence-corrected chi connectivity index (χ0v) is 22.5. The molecule has 1 heterocycles. The highest BCUT2D eigenvalue weighted by Crippen LogP contribution is 2.21. The van der Waals surface area contributed by atoms with Crippen LogP contribution < -0.4 is 0 Å². The molecule has 1 aliphatic heterocycles. The van der Waals surface area contributed by atoms with Crippen LogP contribution >= 0.6 is 0 Å². The zero-order valence-electron chi connectivity index (χ0n) is 22.5. The van der Waals surface area contributed by atoms with Gasteiger partial charge in [-0.1, -0.05) is 118 Å². The van der Waals surface area contributed by atoms with Crippen LogP contribution in [0.4, 0.5) is 0 Å². The summed E-state index contributed by atoms with van der Waals surface area (Å²) in [6.45, 7) is 12.0. The fraction of sp³-hybridized carbons (Fsp3) is 0.897. The SMILES string of the molecule is CCCCCCCCCCCCCCCCOC1C=C(CN(CC)CC)C(=O)C(CCC)O1. The maximum Gasteiger partial charge on any atom is 0.188 e. The number of nitrogens with zero attached hydrogens (tertiary/aromatic N) is 1. The van der Waals surface area contributed by atoms with Gasteiger partial charge >= 0.3 is 0 Å². The van der Waals surface area contributed by atoms with Crippen molar-refractivity contribution in [3.05, 3.63) is 11.6 Å². The summed E-state index contributed by atoms with van der Waals surface area (Å²) in [4.78, 5) is 15.0. The Labute approximate surface area is 205 Å². The van der Waals surface area contributed by atoms with Crippen LogP contribution in [-0.2, 0) is 14.3 Å². The first kappa shape index (κ1) is 30.3. The largest absolute Gasteiger partial charge is 0.349 e. The second-order valence-electron chi connectivity index (χ2n) is 9.77. The van der Waals surface area contributed by atoms with Crippen LogP contribution in [0.5, 0.6) is 0 Å². The second kappa shape index (κ2) is 20.6. The Kier molecular flexibility index (Phi) is 19.0. The van der Waals surface area contributed by atoms with Gasteiger partial charge in [-0.25, -0.2) is 0 Å². The van der Waals surface area contributed by atoms with Gasteiger partial charge < -0.3 is 9.47 Å². The Morgan fingerprint density at radius 2 is 1.27 bits per heavy atom. The number of ketones is 1. The van der Waals surface area contributed by atoms with Crippen molar-refractivity contribution in [2.45, 2.75) is 143 Å². The third kappa shape index (κ3) is 14.3. The van der Waals surface area contributed by atoms with Gasteiger partial charge in [0.2, 0.25) is 0 Å². The quantitative estimate of drug-likeness (QED) is 0.153. The number of hydrogen-bond donors (Lipinski definition) is 0. The number of likely N-dealkylation sites (N-methyl/N-ethyl adjacent to an activating group) is 1. The van der Waals surface area contributed by atoms with E-state index < -0.39 is 0 Å². The van der Waals surface area contributed by atoms with Crippen molar-refractivity contribution in [2.75, 3.05) is 26.2 Å². The second-order valence-corrected chi connectivity index (χ2v) is 9.77. The van der Waals surface area contributed by atoms with Gasteiger partial charge in [0.05, 0.1) is 6.61 Å². The lowest BCUT2D eigenvalue weighted by Crippen LogP contribution is -2.40. The monoisotopic (exact) mass is 465 g/mol. The minimum absolute atomic E-state index is 0.153. The van der Waals surface area contributed by atoms with Crippen LogP contribution in [0.15, 0.2) is 11.6 Å². The van der Waals surface area contributed by atoms with E-state index in [-0.39, 0.29) is 18.2 Å². The number of carbonyl (C=O) groups is 1. The Balaban J connectivity index is 2.13. The van der Waals surface area contributed by atoms with Gasteiger partial charge in [0, 0.05) is 12.1 Å². The molecule has 0 fully saturated rings. The average Bonchev–Trinajstić information content (AvgIpc) is 2.82. The van der Waals surface area contributed by atoms with Crippen LogP contribution in [0.1, 0.15) is 130 Å². The summed E-state index contributed by atoms with van der Waals surface area (Å²) in [6.07, 6.45) is 22.0. The lowest BCUT2D eigenvalue weighted by molar-refractivity contribution is -0.166. The predicted molar refractivity (Wildman–Crippen MR) is 141 cm³/mol. The summed E-state index contributed by atoms with van der Waals surface area (Å²) in [5.74, 6) is 0.153. The highest BCUT2D eigenvalue weighted by molar-refractivity contribution is 5.99. The highest BCUT2D eigenvalue weighted by Gasteiger charge is 2.31. The summed E-state index contributed by atoms with van der Waals surface area (Å²) in [6, 6.07) is 0. The molecule has 1 aliphatic rings. The molecule has 4 nitrogen and oxygen atoms in total. The Bertz CT molecular complexity index is 501. The van der Waals surface area contributed by atoms with E-state index in [4.69, 9.17) is 9.47 Å². The van der Waals surface area contributed by atoms with Crippen molar-refractivity contribution in [1.29, 1.82) is 0 Å². The standard InChI is InChI=1S/C29H55NO3/c1-5-9-10-11-12-13-14-15-16-17-18-19-20-21-23-32-28-24-26(25-30(7-3)8-4)29(31)27(33-28)22-6-2/h24,27-28H,5-23,25H2,1-4H3. The zero-order chi connectivity index (χ0) is 24.2. The van der Waals surface area contributed by atoms with Crippen LogP contribution in [0.3, 0.4) is 0 Å². The maximum atomic E-state index is 12.8. The third-order valence-electron chi connectivity index (χ3n) is 6.86. The van der Waals surface area contributed by atoms with E-state index in [1.54, 1.807) is 0 Å². The number of rotatable bonds is 22. The van der Waals surface area contributed by atoms with Gasteiger partial charge in [0.1, 0.15) is 6.10 Å². The van der Waals surface area contributed by atoms with Gasteiger partial charge in [0.25, 0.3) is 0 Å². The molecular formula is C29H55NO3. The summed E-state index contributed by atoms with van der Waals surface area (Å²) in [7, 11) is 0. The molecule has 4 heteroatoms. The lowest BCUT2D eigenvalue weighted by atomic mass is 9.99. The van der Waals surface area contributed by atoms with Crippen molar-refractivity contribution in [1.82, 2.24) is 4.90 Å². The molecule has 0 N–H and O–H groups in total. The predicted octanol–water partition coefficient (Wildman–Crippen LogP) is 7.85. The van der Waals surface area contributed by atoms with Crippen LogP contribution in [0.2, 0.25) is 0 Å². The van der Waals surface area contributed by atoms with Crippen molar-refractivity contribution in [3.63, 3.8) is 0 Å². The smallest absolute Gasteiger partial charge is 0.188 e. The molecule has 0 aromatic carbocycles. The molecule has 33 heavy (non-hydrogen) atoms. The summed E-state index contributed by atoms with van der Waals surface area (Å²) in [5, 5.41) is 0. The lowest BCUT2D eigenvalue weighted by Gasteiger charge is -2.30. The average molecular weight is 466 g/mol. The fourth-order valence-corrected chi connectivity index (χ4v) is 4.58. The topological polar surface area (TPSA) is 38.8 Å². The molecule has 0 spiro atoms. The molecule has 0 radical (unpaired) electrons. The fourth-order valence-electron chi connectivity index (χ4n) is 4.58. The summed E-state index contributed by atoms with van der Waals surface area (Å²) < 4.78 is 12.0. The van der Waals surface area contributed by atoms with Crippen molar-refractivity contribution < 1.29 is 14.3 Å². The Morgan fingerprint density at radius 1 is 0.758 bits per heavy atom. The molecule has 2 unspecified atom stereocenters. The molecule has 0 amide bonds. The van der Waals surface area contributed by atoms with E-state index in [1.807, 2.05) is 6.08 Å². The highest BCUT2D eigenvalue weighted by atomic mass is 16.7. The van der Waals surface area contributed by atoms with E-state index >= 15 is 0 Å². The summed E-state index contributed by atoms with van der Waals surface area (Å²) in [5.41, 5.74) is 0.870. The van der Waals surface area contributed by atoms with Gasteiger partial charge in [0.15, 0.2) is 12.1 Å². The molecule has 0 aromatic rings. The third-order valence-corrected chi connectivity index (χ3v) is 6.86. The van der Waals surface area contributed by atoms with E-state index in [2.05, 4.69) is 32.6 Å². The first-order valence-electron chi connectivity index (χ1n) is 14.4. The Morgan fingerprint density at radius 3 is 1.76 bits per heavy atom. The number of ether oxygens (including phenoxy) is 2. The molecule has 1 rings (SSSR count). The molecule has 2 atom stereocenters. The number of carbonyl (C=O) groups excluding carboxylic acids is 1. The molecular weight excluding hydrogens is 410 g/mol. The van der Waals surface area contributed by atoms with Gasteiger partial charge in [-0.2, -0.15) is 0 Å². The van der Waals surface area contributed by atoms with Gasteiger partial charge in [-0.05, 0) is 32.0 Å². The van der Waals surface area contributed by atoms with E-state index in [1.165, 1.54) is 83.5 Å².